The van der Waals surface area contributed by atoms with Crippen molar-refractivity contribution >= 4 is 28.9 Å². The molecular formula is C23H27ClN2O3. The van der Waals surface area contributed by atoms with Gasteiger partial charge in [0.1, 0.15) is 0 Å². The van der Waals surface area contributed by atoms with Gasteiger partial charge in [-0.25, -0.2) is 4.79 Å². The fraction of sp³-hybridized carbons (Fsp3) is 0.435. The first-order valence-electron chi connectivity index (χ1n) is 9.99. The molecule has 0 amide bonds. The molecule has 0 radical (unpaired) electrons. The number of ether oxygens (including phenoxy) is 2. The first-order valence-corrected chi connectivity index (χ1v) is 10.4. The number of morpholine rings is 1. The number of nitrogens with one attached hydrogen (secondary N) is 1. The number of rotatable bonds is 3. The van der Waals surface area contributed by atoms with E-state index in [0.717, 1.165) is 44.0 Å². The summed E-state index contributed by atoms with van der Waals surface area (Å²) in [4.78, 5) is 14.7. The molecule has 1 atom stereocenters. The van der Waals surface area contributed by atoms with Crippen LogP contribution in [0.3, 0.4) is 0 Å². The Morgan fingerprint density at radius 2 is 2.00 bits per heavy atom. The van der Waals surface area contributed by atoms with Crippen LogP contribution < -0.4 is 10.2 Å². The van der Waals surface area contributed by atoms with Crippen molar-refractivity contribution in [3.63, 3.8) is 0 Å². The lowest BCUT2D eigenvalue weighted by molar-refractivity contribution is 0.0598. The van der Waals surface area contributed by atoms with Gasteiger partial charge in [-0.15, -0.1) is 0 Å². The van der Waals surface area contributed by atoms with Crippen molar-refractivity contribution in [2.24, 2.45) is 5.41 Å². The number of fused-ring (bicyclic) bond motifs is 1. The second-order valence-electron chi connectivity index (χ2n) is 8.41. The topological polar surface area (TPSA) is 50.8 Å². The lowest BCUT2D eigenvalue weighted by Gasteiger charge is -2.42. The van der Waals surface area contributed by atoms with E-state index in [2.05, 4.69) is 48.3 Å². The van der Waals surface area contributed by atoms with E-state index in [4.69, 9.17) is 21.1 Å². The molecule has 0 bridgehead atoms. The summed E-state index contributed by atoms with van der Waals surface area (Å²) in [5, 5.41) is 4.18. The average molecular weight is 415 g/mol. The number of esters is 1. The van der Waals surface area contributed by atoms with E-state index in [0.29, 0.717) is 10.6 Å². The summed E-state index contributed by atoms with van der Waals surface area (Å²) in [5.41, 5.74) is 4.74. The third-order valence-electron chi connectivity index (χ3n) is 5.91. The standard InChI is InChI=1S/C23H27ClN2O3/c1-23(2)14-19-18(22(27)28-3)12-16(24)13-20(19)25-21(23)15-5-4-6-17(11-15)26-7-9-29-10-8-26/h4-6,11-13,21,25H,7-10,14H2,1-3H3. The van der Waals surface area contributed by atoms with Gasteiger partial charge in [0.2, 0.25) is 0 Å². The molecule has 0 saturated carbocycles. The highest BCUT2D eigenvalue weighted by atomic mass is 35.5. The zero-order valence-electron chi connectivity index (χ0n) is 17.1. The Balaban J connectivity index is 1.70. The summed E-state index contributed by atoms with van der Waals surface area (Å²) >= 11 is 6.31. The zero-order valence-corrected chi connectivity index (χ0v) is 17.9. The Hall–Kier alpha value is -2.24. The molecule has 0 spiro atoms. The van der Waals surface area contributed by atoms with Gasteiger partial charge in [-0.05, 0) is 47.2 Å². The predicted octanol–water partition coefficient (Wildman–Crippen LogP) is 4.70. The molecule has 2 heterocycles. The van der Waals surface area contributed by atoms with Crippen molar-refractivity contribution < 1.29 is 14.3 Å². The van der Waals surface area contributed by atoms with Crippen molar-refractivity contribution in [2.45, 2.75) is 26.3 Å². The van der Waals surface area contributed by atoms with Crippen LogP contribution in [0.4, 0.5) is 11.4 Å². The number of methoxy groups -OCH3 is 1. The van der Waals surface area contributed by atoms with Crippen molar-refractivity contribution in [3.8, 4) is 0 Å². The Kier molecular flexibility index (Phi) is 5.45. The average Bonchev–Trinajstić information content (AvgIpc) is 2.73. The van der Waals surface area contributed by atoms with Gasteiger partial charge < -0.3 is 19.7 Å². The van der Waals surface area contributed by atoms with Crippen LogP contribution in [-0.2, 0) is 15.9 Å². The number of hydrogen-bond acceptors (Lipinski definition) is 5. The van der Waals surface area contributed by atoms with Gasteiger partial charge in [-0.2, -0.15) is 0 Å². The summed E-state index contributed by atoms with van der Waals surface area (Å²) in [5.74, 6) is -0.353. The molecule has 29 heavy (non-hydrogen) atoms. The third kappa shape index (κ3) is 3.94. The number of halogens is 1. The molecule has 2 aliphatic heterocycles. The fourth-order valence-corrected chi connectivity index (χ4v) is 4.63. The number of benzene rings is 2. The van der Waals surface area contributed by atoms with Gasteiger partial charge >= 0.3 is 5.97 Å². The minimum atomic E-state index is -0.353. The van der Waals surface area contributed by atoms with Crippen molar-refractivity contribution in [1.82, 2.24) is 0 Å². The largest absolute Gasteiger partial charge is 0.465 e. The third-order valence-corrected chi connectivity index (χ3v) is 6.13. The molecule has 5 nitrogen and oxygen atoms in total. The first-order chi connectivity index (χ1) is 13.9. The zero-order chi connectivity index (χ0) is 20.6. The Labute approximate surface area is 176 Å². The molecular weight excluding hydrogens is 388 g/mol. The van der Waals surface area contributed by atoms with E-state index in [1.54, 1.807) is 6.07 Å². The molecule has 0 aromatic heterocycles. The molecule has 2 aromatic rings. The SMILES string of the molecule is COC(=O)c1cc(Cl)cc2c1CC(C)(C)C(c1cccc(N3CCOCC3)c1)N2. The smallest absolute Gasteiger partial charge is 0.338 e. The highest BCUT2D eigenvalue weighted by molar-refractivity contribution is 6.31. The Morgan fingerprint density at radius 1 is 1.24 bits per heavy atom. The van der Waals surface area contributed by atoms with Crippen LogP contribution in [0.1, 0.15) is 41.4 Å². The van der Waals surface area contributed by atoms with E-state index >= 15 is 0 Å². The lowest BCUT2D eigenvalue weighted by atomic mass is 9.72. The molecule has 154 valence electrons. The summed E-state index contributed by atoms with van der Waals surface area (Å²) in [6.45, 7) is 7.80. The van der Waals surface area contributed by atoms with E-state index in [9.17, 15) is 4.79 Å². The van der Waals surface area contributed by atoms with Crippen molar-refractivity contribution in [2.75, 3.05) is 43.6 Å². The fourth-order valence-electron chi connectivity index (χ4n) is 4.41. The minimum absolute atomic E-state index is 0.0972. The number of carbonyl (C=O) groups excluding carboxylic acids is 1. The summed E-state index contributed by atoms with van der Waals surface area (Å²) in [6, 6.07) is 12.4. The highest BCUT2D eigenvalue weighted by Gasteiger charge is 2.38. The van der Waals surface area contributed by atoms with Gasteiger partial charge in [0.05, 0.1) is 31.9 Å². The van der Waals surface area contributed by atoms with Crippen LogP contribution in [0.15, 0.2) is 36.4 Å². The molecule has 1 unspecified atom stereocenters. The van der Waals surface area contributed by atoms with Crippen LogP contribution in [0, 0.1) is 5.41 Å². The van der Waals surface area contributed by atoms with Crippen LogP contribution in [-0.4, -0.2) is 39.4 Å². The van der Waals surface area contributed by atoms with Gasteiger partial charge in [0, 0.05) is 29.5 Å². The molecule has 2 aromatic carbocycles. The molecule has 0 aliphatic carbocycles. The first kappa shape index (κ1) is 20.0. The van der Waals surface area contributed by atoms with Crippen LogP contribution in [0.2, 0.25) is 5.02 Å². The second kappa shape index (κ2) is 7.88. The van der Waals surface area contributed by atoms with E-state index < -0.39 is 0 Å². The van der Waals surface area contributed by atoms with Crippen molar-refractivity contribution in [3.05, 3.63) is 58.1 Å². The highest BCUT2D eigenvalue weighted by Crippen LogP contribution is 2.47. The van der Waals surface area contributed by atoms with Crippen molar-refractivity contribution in [1.29, 1.82) is 0 Å². The molecule has 1 saturated heterocycles. The predicted molar refractivity (Wildman–Crippen MR) is 116 cm³/mol. The maximum Gasteiger partial charge on any atom is 0.338 e. The number of nitrogens with zero attached hydrogens (tertiary/aromatic N) is 1. The van der Waals surface area contributed by atoms with Gasteiger partial charge in [0.25, 0.3) is 0 Å². The maximum absolute atomic E-state index is 12.3. The summed E-state index contributed by atoms with van der Waals surface area (Å²) in [7, 11) is 1.40. The van der Waals surface area contributed by atoms with Crippen LogP contribution in [0.5, 0.6) is 0 Å². The monoisotopic (exact) mass is 414 g/mol. The van der Waals surface area contributed by atoms with E-state index in [1.807, 2.05) is 6.07 Å². The molecule has 4 rings (SSSR count). The van der Waals surface area contributed by atoms with Gasteiger partial charge in [-0.3, -0.25) is 0 Å². The summed E-state index contributed by atoms with van der Waals surface area (Å²) in [6.07, 6.45) is 0.753. The number of carbonyl (C=O) groups is 1. The minimum Gasteiger partial charge on any atom is -0.465 e. The summed E-state index contributed by atoms with van der Waals surface area (Å²) < 4.78 is 10.5. The molecule has 1 N–H and O–H groups in total. The van der Waals surface area contributed by atoms with Crippen LogP contribution in [0.25, 0.3) is 0 Å². The van der Waals surface area contributed by atoms with Gasteiger partial charge in [-0.1, -0.05) is 37.6 Å². The second-order valence-corrected chi connectivity index (χ2v) is 8.84. The quantitative estimate of drug-likeness (QED) is 0.738. The van der Waals surface area contributed by atoms with Gasteiger partial charge in [0.15, 0.2) is 0 Å². The lowest BCUT2D eigenvalue weighted by Crippen LogP contribution is -2.37. The van der Waals surface area contributed by atoms with E-state index in [1.165, 1.54) is 18.4 Å². The number of anilines is 2. The molecule has 2 aliphatic rings. The Bertz CT molecular complexity index is 922. The maximum atomic E-state index is 12.3. The Morgan fingerprint density at radius 3 is 2.72 bits per heavy atom. The van der Waals surface area contributed by atoms with Crippen LogP contribution >= 0.6 is 11.6 Å². The molecule has 6 heteroatoms. The molecule has 1 fully saturated rings. The van der Waals surface area contributed by atoms with E-state index in [-0.39, 0.29) is 17.4 Å². The normalized spacial score (nSPS) is 20.6. The number of hydrogen-bond donors (Lipinski definition) is 1.